The van der Waals surface area contributed by atoms with Gasteiger partial charge in [-0.15, -0.1) is 0 Å². The molecule has 6 rings (SSSR count). The number of fused-ring (bicyclic) bond motifs is 1. The Morgan fingerprint density at radius 2 is 1.70 bits per heavy atom. The lowest BCUT2D eigenvalue weighted by Crippen LogP contribution is -2.43. The number of nitrogens with zero attached hydrogens (tertiary/aromatic N) is 4. The number of nitrogens with two attached hydrogens (primary N) is 2. The standard InChI is InChI=1S/C36H39N7O3/c1-22-13-15-25(16-14-22)43-28(21-30(41-43)36(2,3)4)32-29(19-23-9-5-8-12-27(23)33(32)40-34(37)44)46-26-17-18-39-31(20-26)42(35(38)45)24-10-6-7-11-24/h5,8-9,12-21,24H,6-7,10-11H2,1-4H3,(H2,38,45)(H3,37,40,44). The number of urea groups is 2. The lowest BCUT2D eigenvalue weighted by atomic mass is 9.91. The third-order valence-corrected chi connectivity index (χ3v) is 8.39. The average Bonchev–Trinajstić information content (AvgIpc) is 3.69. The molecular formula is C36H39N7O3. The first-order valence-electron chi connectivity index (χ1n) is 15.5. The van der Waals surface area contributed by atoms with Gasteiger partial charge in [0.1, 0.15) is 17.3 Å². The SMILES string of the molecule is Cc1ccc(-n2nc(C(C)(C)C)cc2-c2c(Oc3ccnc(N(C(N)=O)C4CCCC4)c3)cc3ccccc3c2NC(N)=O)cc1. The van der Waals surface area contributed by atoms with Crippen molar-refractivity contribution in [1.82, 2.24) is 14.8 Å². The summed E-state index contributed by atoms with van der Waals surface area (Å²) in [6, 6.07) is 21.9. The van der Waals surface area contributed by atoms with Crippen molar-refractivity contribution in [1.29, 1.82) is 0 Å². The molecule has 1 fully saturated rings. The van der Waals surface area contributed by atoms with Crippen molar-refractivity contribution in [3.8, 4) is 28.4 Å². The molecule has 0 aliphatic heterocycles. The Hall–Kier alpha value is -5.38. The number of rotatable bonds is 7. The van der Waals surface area contributed by atoms with Crippen LogP contribution in [0, 0.1) is 6.92 Å². The number of hydrogen-bond acceptors (Lipinski definition) is 5. The quantitative estimate of drug-likeness (QED) is 0.171. The van der Waals surface area contributed by atoms with Crippen molar-refractivity contribution < 1.29 is 14.3 Å². The van der Waals surface area contributed by atoms with Gasteiger partial charge in [-0.05, 0) is 55.5 Å². The number of benzene rings is 3. The molecule has 236 valence electrons. The zero-order valence-electron chi connectivity index (χ0n) is 26.6. The maximum Gasteiger partial charge on any atom is 0.320 e. The monoisotopic (exact) mass is 617 g/mol. The second-order valence-corrected chi connectivity index (χ2v) is 12.8. The summed E-state index contributed by atoms with van der Waals surface area (Å²) < 4.78 is 8.55. The van der Waals surface area contributed by atoms with Crippen LogP contribution in [0.2, 0.25) is 0 Å². The van der Waals surface area contributed by atoms with Crippen molar-refractivity contribution in [3.63, 3.8) is 0 Å². The van der Waals surface area contributed by atoms with E-state index < -0.39 is 12.1 Å². The van der Waals surface area contributed by atoms with Gasteiger partial charge in [0.15, 0.2) is 0 Å². The highest BCUT2D eigenvalue weighted by molar-refractivity contribution is 6.09. The van der Waals surface area contributed by atoms with Crippen LogP contribution in [0.3, 0.4) is 0 Å². The minimum Gasteiger partial charge on any atom is -0.456 e. The van der Waals surface area contributed by atoms with E-state index in [1.54, 1.807) is 23.2 Å². The maximum absolute atomic E-state index is 12.6. The molecule has 5 aromatic rings. The molecule has 0 atom stereocenters. The Balaban J connectivity index is 1.58. The number of aryl methyl sites for hydroxylation is 1. The molecule has 0 saturated heterocycles. The minimum atomic E-state index is -0.708. The first-order chi connectivity index (χ1) is 22.0. The van der Waals surface area contributed by atoms with Crippen LogP contribution in [0.1, 0.15) is 57.7 Å². The fourth-order valence-corrected chi connectivity index (χ4v) is 6.08. The van der Waals surface area contributed by atoms with Crippen LogP contribution >= 0.6 is 0 Å². The average molecular weight is 618 g/mol. The van der Waals surface area contributed by atoms with Gasteiger partial charge in [0.25, 0.3) is 0 Å². The summed E-state index contributed by atoms with van der Waals surface area (Å²) in [5.74, 6) is 1.34. The lowest BCUT2D eigenvalue weighted by Gasteiger charge is -2.26. The van der Waals surface area contributed by atoms with E-state index in [9.17, 15) is 9.59 Å². The fraction of sp³-hybridized carbons (Fsp3) is 0.278. The molecule has 4 amide bonds. The Kier molecular flexibility index (Phi) is 8.12. The predicted molar refractivity (Wildman–Crippen MR) is 182 cm³/mol. The van der Waals surface area contributed by atoms with Crippen LogP contribution in [0.4, 0.5) is 21.1 Å². The Morgan fingerprint density at radius 3 is 2.37 bits per heavy atom. The number of nitrogens with one attached hydrogen (secondary N) is 1. The van der Waals surface area contributed by atoms with Crippen molar-refractivity contribution in [2.75, 3.05) is 10.2 Å². The molecule has 46 heavy (non-hydrogen) atoms. The smallest absolute Gasteiger partial charge is 0.320 e. The van der Waals surface area contributed by atoms with Crippen LogP contribution in [0.5, 0.6) is 11.5 Å². The van der Waals surface area contributed by atoms with E-state index >= 15 is 0 Å². The van der Waals surface area contributed by atoms with Crippen LogP contribution in [0.25, 0.3) is 27.7 Å². The molecule has 3 aromatic carbocycles. The summed E-state index contributed by atoms with van der Waals surface area (Å²) in [5, 5.41) is 9.57. The van der Waals surface area contributed by atoms with Crippen LogP contribution < -0.4 is 26.4 Å². The van der Waals surface area contributed by atoms with Crippen LogP contribution in [-0.2, 0) is 5.41 Å². The fourth-order valence-electron chi connectivity index (χ4n) is 6.08. The van der Waals surface area contributed by atoms with Gasteiger partial charge in [0.05, 0.1) is 28.3 Å². The van der Waals surface area contributed by atoms with E-state index in [4.69, 9.17) is 21.3 Å². The van der Waals surface area contributed by atoms with Gasteiger partial charge in [0, 0.05) is 29.1 Å². The largest absolute Gasteiger partial charge is 0.456 e. The molecule has 10 nitrogen and oxygen atoms in total. The number of anilines is 2. The molecule has 0 bridgehead atoms. The first kappa shape index (κ1) is 30.6. The predicted octanol–water partition coefficient (Wildman–Crippen LogP) is 7.80. The van der Waals surface area contributed by atoms with E-state index in [0.29, 0.717) is 34.3 Å². The minimum absolute atomic E-state index is 0.0115. The molecular weight excluding hydrogens is 578 g/mol. The Labute approximate surface area is 268 Å². The highest BCUT2D eigenvalue weighted by Crippen LogP contribution is 2.46. The molecule has 0 spiro atoms. The normalized spacial score (nSPS) is 13.6. The van der Waals surface area contributed by atoms with Gasteiger partial charge < -0.3 is 21.5 Å². The Morgan fingerprint density at radius 1 is 0.978 bits per heavy atom. The number of carbonyl (C=O) groups excluding carboxylic acids is 2. The summed E-state index contributed by atoms with van der Waals surface area (Å²) in [7, 11) is 0. The molecule has 1 aliphatic carbocycles. The zero-order chi connectivity index (χ0) is 32.6. The summed E-state index contributed by atoms with van der Waals surface area (Å²) >= 11 is 0. The van der Waals surface area contributed by atoms with Gasteiger partial charge in [-0.25, -0.2) is 19.3 Å². The van der Waals surface area contributed by atoms with Gasteiger partial charge >= 0.3 is 12.1 Å². The zero-order valence-corrected chi connectivity index (χ0v) is 26.6. The summed E-state index contributed by atoms with van der Waals surface area (Å²) in [6.07, 6.45) is 5.41. The first-order valence-corrected chi connectivity index (χ1v) is 15.5. The molecule has 1 aliphatic rings. The van der Waals surface area contributed by atoms with E-state index in [0.717, 1.165) is 53.4 Å². The molecule has 1 saturated carbocycles. The third kappa shape index (κ3) is 6.10. The van der Waals surface area contributed by atoms with Crippen molar-refractivity contribution in [3.05, 3.63) is 90.3 Å². The number of amides is 4. The number of ether oxygens (including phenoxy) is 1. The lowest BCUT2D eigenvalue weighted by molar-refractivity contribution is 0.251. The second kappa shape index (κ2) is 12.2. The Bertz CT molecular complexity index is 1920. The van der Waals surface area contributed by atoms with E-state index in [-0.39, 0.29) is 11.5 Å². The number of carbonyl (C=O) groups is 2. The number of pyridine rings is 1. The molecule has 2 aromatic heterocycles. The number of primary amides is 2. The summed E-state index contributed by atoms with van der Waals surface area (Å²) in [4.78, 5) is 31.1. The van der Waals surface area contributed by atoms with E-state index in [1.165, 1.54) is 0 Å². The van der Waals surface area contributed by atoms with Crippen molar-refractivity contribution >= 4 is 34.3 Å². The topological polar surface area (TPSA) is 141 Å². The van der Waals surface area contributed by atoms with Crippen LogP contribution in [-0.4, -0.2) is 32.9 Å². The highest BCUT2D eigenvalue weighted by atomic mass is 16.5. The van der Waals surface area contributed by atoms with Crippen molar-refractivity contribution in [2.24, 2.45) is 11.5 Å². The highest BCUT2D eigenvalue weighted by Gasteiger charge is 2.29. The van der Waals surface area contributed by atoms with Gasteiger partial charge in [0.2, 0.25) is 0 Å². The number of aromatic nitrogens is 3. The molecule has 10 heteroatoms. The summed E-state index contributed by atoms with van der Waals surface area (Å²) in [5.41, 5.74) is 16.0. The van der Waals surface area contributed by atoms with Crippen molar-refractivity contribution in [2.45, 2.75) is 64.8 Å². The molecule has 5 N–H and O–H groups in total. The third-order valence-electron chi connectivity index (χ3n) is 8.39. The number of hydrogen-bond donors (Lipinski definition) is 3. The molecule has 0 unspecified atom stereocenters. The van der Waals surface area contributed by atoms with Crippen LogP contribution in [0.15, 0.2) is 79.0 Å². The second-order valence-electron chi connectivity index (χ2n) is 12.8. The molecule has 0 radical (unpaired) electrons. The van der Waals surface area contributed by atoms with Gasteiger partial charge in [-0.1, -0.05) is 75.6 Å². The molecule has 2 heterocycles. The van der Waals surface area contributed by atoms with Gasteiger partial charge in [-0.2, -0.15) is 5.10 Å². The summed E-state index contributed by atoms with van der Waals surface area (Å²) in [6.45, 7) is 8.35. The van der Waals surface area contributed by atoms with Gasteiger partial charge in [-0.3, -0.25) is 4.90 Å². The maximum atomic E-state index is 12.6. The van der Waals surface area contributed by atoms with E-state index in [2.05, 4.69) is 31.1 Å². The van der Waals surface area contributed by atoms with E-state index in [1.807, 2.05) is 72.3 Å².